The molecular formula is C30H25NO4. The average Bonchev–Trinajstić information content (AvgIpc) is 3.15. The molecular weight excluding hydrogens is 438 g/mol. The monoisotopic (exact) mass is 463 g/mol. The minimum Gasteiger partial charge on any atom is -0.507 e. The molecule has 1 atom stereocenters. The zero-order valence-corrected chi connectivity index (χ0v) is 19.8. The number of carbonyl (C=O) groups excluding carboxylic acids is 2. The highest BCUT2D eigenvalue weighted by atomic mass is 16.5. The number of Topliss-reactive ketones (excluding diaryl/α,β-unsaturated/α-hetero) is 1. The molecule has 4 aromatic carbocycles. The molecule has 1 heterocycles. The van der Waals surface area contributed by atoms with E-state index in [0.29, 0.717) is 22.6 Å². The number of methoxy groups -OCH3 is 1. The summed E-state index contributed by atoms with van der Waals surface area (Å²) in [5.74, 6) is -0.913. The van der Waals surface area contributed by atoms with Gasteiger partial charge < -0.3 is 9.84 Å². The lowest BCUT2D eigenvalue weighted by Crippen LogP contribution is -2.29. The number of nitrogens with zero attached hydrogens (tertiary/aromatic N) is 1. The van der Waals surface area contributed by atoms with Crippen molar-refractivity contribution < 1.29 is 19.4 Å². The molecule has 0 bridgehead atoms. The molecule has 4 aromatic rings. The summed E-state index contributed by atoms with van der Waals surface area (Å²) in [7, 11) is 1.58. The van der Waals surface area contributed by atoms with Crippen LogP contribution < -0.4 is 9.64 Å². The number of ether oxygens (including phenoxy) is 1. The molecule has 0 radical (unpaired) electrons. The summed E-state index contributed by atoms with van der Waals surface area (Å²) in [6.07, 6.45) is 0. The maximum Gasteiger partial charge on any atom is 0.300 e. The van der Waals surface area contributed by atoms with Crippen LogP contribution in [0.4, 0.5) is 5.69 Å². The van der Waals surface area contributed by atoms with Gasteiger partial charge in [0, 0.05) is 11.3 Å². The van der Waals surface area contributed by atoms with Crippen molar-refractivity contribution in [2.24, 2.45) is 0 Å². The molecule has 1 saturated heterocycles. The average molecular weight is 464 g/mol. The van der Waals surface area contributed by atoms with Gasteiger partial charge in [0.15, 0.2) is 0 Å². The number of fused-ring (bicyclic) bond motifs is 1. The largest absolute Gasteiger partial charge is 0.507 e. The highest BCUT2D eigenvalue weighted by Gasteiger charge is 2.47. The second-order valence-electron chi connectivity index (χ2n) is 8.74. The van der Waals surface area contributed by atoms with Crippen LogP contribution in [0.2, 0.25) is 0 Å². The molecule has 5 nitrogen and oxygen atoms in total. The summed E-state index contributed by atoms with van der Waals surface area (Å²) in [5, 5.41) is 13.3. The van der Waals surface area contributed by atoms with Crippen LogP contribution in [0.3, 0.4) is 0 Å². The number of anilines is 1. The van der Waals surface area contributed by atoms with Gasteiger partial charge in [-0.1, -0.05) is 60.7 Å². The Morgan fingerprint density at radius 3 is 2.29 bits per heavy atom. The fraction of sp³-hybridized carbons (Fsp3) is 0.133. The van der Waals surface area contributed by atoms with Crippen LogP contribution in [0.25, 0.3) is 16.5 Å². The number of amides is 1. The molecule has 1 unspecified atom stereocenters. The van der Waals surface area contributed by atoms with Gasteiger partial charge in [-0.05, 0) is 65.6 Å². The van der Waals surface area contributed by atoms with E-state index in [0.717, 1.165) is 21.9 Å². The van der Waals surface area contributed by atoms with E-state index < -0.39 is 17.7 Å². The summed E-state index contributed by atoms with van der Waals surface area (Å²) >= 11 is 0. The Bertz CT molecular complexity index is 1500. The van der Waals surface area contributed by atoms with Gasteiger partial charge in [-0.25, -0.2) is 0 Å². The zero-order chi connectivity index (χ0) is 24.7. The van der Waals surface area contributed by atoms with Crippen LogP contribution in [0.5, 0.6) is 5.75 Å². The molecule has 5 heteroatoms. The van der Waals surface area contributed by atoms with E-state index in [-0.39, 0.29) is 11.3 Å². The van der Waals surface area contributed by atoms with Crippen molar-refractivity contribution in [3.05, 3.63) is 113 Å². The van der Waals surface area contributed by atoms with Gasteiger partial charge in [0.2, 0.25) is 0 Å². The third-order valence-electron chi connectivity index (χ3n) is 6.69. The Morgan fingerprint density at radius 1 is 0.857 bits per heavy atom. The number of aryl methyl sites for hydroxylation is 2. The normalized spacial score (nSPS) is 17.2. The molecule has 1 amide bonds. The lowest BCUT2D eigenvalue weighted by molar-refractivity contribution is -0.132. The first-order chi connectivity index (χ1) is 16.9. The standard InChI is InChI=1S/C30H25NO4/c1-18-11-14-22(17-19(18)2)31-27(21-12-15-23(35-3)16-13-21)26(29(33)30(31)34)28(32)25-10-6-8-20-7-4-5-9-24(20)25/h4-17,27,32H,1-3H3/b28-26-. The highest BCUT2D eigenvalue weighted by Crippen LogP contribution is 2.43. The van der Waals surface area contributed by atoms with Crippen molar-refractivity contribution in [3.8, 4) is 5.75 Å². The van der Waals surface area contributed by atoms with Crippen molar-refractivity contribution in [2.75, 3.05) is 12.0 Å². The molecule has 1 aliphatic heterocycles. The Morgan fingerprint density at radius 2 is 1.57 bits per heavy atom. The molecule has 1 fully saturated rings. The van der Waals surface area contributed by atoms with Gasteiger partial charge in [-0.2, -0.15) is 0 Å². The molecule has 0 saturated carbocycles. The quantitative estimate of drug-likeness (QED) is 0.226. The minimum atomic E-state index is -0.790. The molecule has 0 aromatic heterocycles. The van der Waals surface area contributed by atoms with E-state index >= 15 is 0 Å². The SMILES string of the molecule is COc1ccc(C2/C(=C(/O)c3cccc4ccccc34)C(=O)C(=O)N2c2ccc(C)c(C)c2)cc1. The summed E-state index contributed by atoms with van der Waals surface area (Å²) in [6, 6.07) is 25.3. The minimum absolute atomic E-state index is 0.0646. The predicted molar refractivity (Wildman–Crippen MR) is 138 cm³/mol. The van der Waals surface area contributed by atoms with E-state index in [1.807, 2.05) is 80.6 Å². The lowest BCUT2D eigenvalue weighted by atomic mass is 9.93. The molecule has 0 aliphatic carbocycles. The van der Waals surface area contributed by atoms with Crippen molar-refractivity contribution in [3.63, 3.8) is 0 Å². The summed E-state index contributed by atoms with van der Waals surface area (Å²) in [6.45, 7) is 3.96. The Labute approximate surface area is 203 Å². The van der Waals surface area contributed by atoms with E-state index in [1.54, 1.807) is 25.3 Å². The van der Waals surface area contributed by atoms with Crippen molar-refractivity contribution in [1.82, 2.24) is 0 Å². The fourth-order valence-electron chi connectivity index (χ4n) is 4.65. The third kappa shape index (κ3) is 3.75. The van der Waals surface area contributed by atoms with E-state index in [1.165, 1.54) is 4.90 Å². The first kappa shape index (κ1) is 22.4. The van der Waals surface area contributed by atoms with Gasteiger partial charge in [0.25, 0.3) is 11.7 Å². The number of benzene rings is 4. The first-order valence-corrected chi connectivity index (χ1v) is 11.4. The van der Waals surface area contributed by atoms with Crippen LogP contribution in [-0.4, -0.2) is 23.9 Å². The van der Waals surface area contributed by atoms with Crippen molar-refractivity contribution in [2.45, 2.75) is 19.9 Å². The number of hydrogen-bond acceptors (Lipinski definition) is 4. The topological polar surface area (TPSA) is 66.8 Å². The van der Waals surface area contributed by atoms with Gasteiger partial charge in [0.05, 0.1) is 18.7 Å². The van der Waals surface area contributed by atoms with E-state index in [9.17, 15) is 14.7 Å². The number of ketones is 1. The van der Waals surface area contributed by atoms with Crippen LogP contribution in [-0.2, 0) is 9.59 Å². The number of aliphatic hydroxyl groups excluding tert-OH is 1. The first-order valence-electron chi connectivity index (χ1n) is 11.4. The Balaban J connectivity index is 1.77. The van der Waals surface area contributed by atoms with Crippen molar-refractivity contribution in [1.29, 1.82) is 0 Å². The van der Waals surface area contributed by atoms with Crippen molar-refractivity contribution >= 4 is 33.9 Å². The smallest absolute Gasteiger partial charge is 0.300 e. The molecule has 0 spiro atoms. The number of hydrogen-bond donors (Lipinski definition) is 1. The molecule has 174 valence electrons. The van der Waals surface area contributed by atoms with Gasteiger partial charge in [0.1, 0.15) is 11.5 Å². The van der Waals surface area contributed by atoms with Crippen LogP contribution in [0.1, 0.15) is 28.3 Å². The van der Waals surface area contributed by atoms with Gasteiger partial charge in [-0.15, -0.1) is 0 Å². The second-order valence-corrected chi connectivity index (χ2v) is 8.74. The number of rotatable bonds is 4. The molecule has 1 N–H and O–H groups in total. The zero-order valence-electron chi connectivity index (χ0n) is 19.8. The molecule has 5 rings (SSSR count). The maximum absolute atomic E-state index is 13.5. The summed E-state index contributed by atoms with van der Waals surface area (Å²) in [5.41, 5.74) is 3.97. The van der Waals surface area contributed by atoms with Crippen LogP contribution in [0.15, 0.2) is 90.5 Å². The van der Waals surface area contributed by atoms with E-state index in [4.69, 9.17) is 4.74 Å². The summed E-state index contributed by atoms with van der Waals surface area (Å²) in [4.78, 5) is 28.4. The predicted octanol–water partition coefficient (Wildman–Crippen LogP) is 6.09. The number of aliphatic hydroxyl groups is 1. The van der Waals surface area contributed by atoms with Crippen LogP contribution >= 0.6 is 0 Å². The maximum atomic E-state index is 13.5. The third-order valence-corrected chi connectivity index (χ3v) is 6.69. The van der Waals surface area contributed by atoms with Crippen LogP contribution in [0, 0.1) is 13.8 Å². The Kier molecular flexibility index (Phi) is 5.61. The second kappa shape index (κ2) is 8.76. The molecule has 1 aliphatic rings. The highest BCUT2D eigenvalue weighted by molar-refractivity contribution is 6.51. The van der Waals surface area contributed by atoms with Gasteiger partial charge >= 0.3 is 0 Å². The lowest BCUT2D eigenvalue weighted by Gasteiger charge is -2.26. The van der Waals surface area contributed by atoms with Gasteiger partial charge in [-0.3, -0.25) is 14.5 Å². The van der Waals surface area contributed by atoms with E-state index in [2.05, 4.69) is 0 Å². The summed E-state index contributed by atoms with van der Waals surface area (Å²) < 4.78 is 5.30. The number of carbonyl (C=O) groups is 2. The Hall–Kier alpha value is -4.38. The fourth-order valence-corrected chi connectivity index (χ4v) is 4.65. The molecule has 35 heavy (non-hydrogen) atoms.